The summed E-state index contributed by atoms with van der Waals surface area (Å²) in [6.07, 6.45) is 0. The van der Waals surface area contributed by atoms with E-state index < -0.39 is 0 Å². The van der Waals surface area contributed by atoms with E-state index >= 15 is 0 Å². The highest BCUT2D eigenvalue weighted by atomic mass is 79.9. The van der Waals surface area contributed by atoms with Crippen molar-refractivity contribution >= 4 is 15.9 Å². The van der Waals surface area contributed by atoms with Crippen LogP contribution in [0.15, 0.2) is 53.0 Å². The summed E-state index contributed by atoms with van der Waals surface area (Å²) >= 11 is 3.52. The van der Waals surface area contributed by atoms with Crippen LogP contribution < -0.4 is 0 Å². The Bertz CT molecular complexity index is 552. The van der Waals surface area contributed by atoms with Gasteiger partial charge in [-0.1, -0.05) is 80.0 Å². The first kappa shape index (κ1) is 15.3. The van der Waals surface area contributed by atoms with Crippen molar-refractivity contribution in [3.63, 3.8) is 0 Å². The Morgan fingerprint density at radius 1 is 0.850 bits per heavy atom. The molecule has 0 aliphatic rings. The molecule has 1 heteroatoms. The van der Waals surface area contributed by atoms with E-state index in [1.807, 2.05) is 0 Å². The van der Waals surface area contributed by atoms with E-state index in [9.17, 15) is 0 Å². The summed E-state index contributed by atoms with van der Waals surface area (Å²) in [5.41, 5.74) is 4.13. The van der Waals surface area contributed by atoms with Crippen molar-refractivity contribution in [2.75, 3.05) is 0 Å². The second-order valence-electron chi connectivity index (χ2n) is 5.82. The molecule has 2 aromatic carbocycles. The zero-order valence-electron chi connectivity index (χ0n) is 12.7. The molecule has 2 rings (SSSR count). The molecule has 0 aliphatic heterocycles. The minimum atomic E-state index is 0.496. The van der Waals surface area contributed by atoms with Crippen LogP contribution in [0.2, 0.25) is 0 Å². The molecule has 0 aliphatic carbocycles. The van der Waals surface area contributed by atoms with E-state index in [0.717, 1.165) is 4.47 Å². The van der Waals surface area contributed by atoms with Gasteiger partial charge in [0.25, 0.3) is 0 Å². The van der Waals surface area contributed by atoms with Crippen molar-refractivity contribution < 1.29 is 0 Å². The van der Waals surface area contributed by atoms with Crippen molar-refractivity contribution in [1.82, 2.24) is 0 Å². The van der Waals surface area contributed by atoms with Gasteiger partial charge < -0.3 is 0 Å². The molecule has 2 aromatic rings. The molecule has 0 atom stereocenters. The first-order valence-corrected chi connectivity index (χ1v) is 8.02. The monoisotopic (exact) mass is 329 g/mol. The Balaban J connectivity index is 2.52. The molecular weight excluding hydrogens is 308 g/mol. The predicted octanol–water partition coefficient (Wildman–Crippen LogP) is 6.20. The third kappa shape index (κ3) is 3.32. The molecule has 0 spiro atoms. The van der Waals surface area contributed by atoms with Gasteiger partial charge in [-0.25, -0.2) is 0 Å². The van der Waals surface area contributed by atoms with Crippen LogP contribution in [0.1, 0.15) is 50.3 Å². The van der Waals surface area contributed by atoms with E-state index in [1.54, 1.807) is 0 Å². The summed E-state index contributed by atoms with van der Waals surface area (Å²) in [5, 5.41) is 0. The van der Waals surface area contributed by atoms with Gasteiger partial charge in [0.2, 0.25) is 0 Å². The second-order valence-corrected chi connectivity index (χ2v) is 6.73. The molecule has 0 amide bonds. The minimum absolute atomic E-state index is 0.496. The van der Waals surface area contributed by atoms with E-state index in [1.165, 1.54) is 22.6 Å². The smallest absolute Gasteiger partial charge is 0.0368 e. The lowest BCUT2D eigenvalue weighted by Gasteiger charge is -2.25. The lowest BCUT2D eigenvalue weighted by molar-refractivity contribution is 0.699. The van der Waals surface area contributed by atoms with Gasteiger partial charge in [-0.3, -0.25) is 0 Å². The second kappa shape index (κ2) is 6.58. The number of hydrogen-bond acceptors (Lipinski definition) is 0. The van der Waals surface area contributed by atoms with Gasteiger partial charge in [0.15, 0.2) is 0 Å². The van der Waals surface area contributed by atoms with Gasteiger partial charge in [0.1, 0.15) is 0 Å². The van der Waals surface area contributed by atoms with Crippen molar-refractivity contribution in [3.8, 4) is 0 Å². The molecule has 0 nitrogen and oxygen atoms in total. The highest BCUT2D eigenvalue weighted by Crippen LogP contribution is 2.35. The minimum Gasteiger partial charge on any atom is -0.0620 e. The third-order valence-electron chi connectivity index (χ3n) is 3.61. The number of hydrogen-bond donors (Lipinski definition) is 0. The summed E-state index contributed by atoms with van der Waals surface area (Å²) < 4.78 is 1.13. The van der Waals surface area contributed by atoms with Crippen LogP contribution in [-0.4, -0.2) is 0 Å². The van der Waals surface area contributed by atoms with Gasteiger partial charge in [-0.05, 0) is 40.7 Å². The van der Waals surface area contributed by atoms with Gasteiger partial charge in [0.05, 0.1) is 0 Å². The Kier molecular flexibility index (Phi) is 5.04. The van der Waals surface area contributed by atoms with E-state index in [-0.39, 0.29) is 0 Å². The molecule has 105 valence electrons. The zero-order valence-corrected chi connectivity index (χ0v) is 14.2. The SMILES string of the molecule is CC(C)[C](c1ccc(Br)cc1)c1ccccc1C(C)C. The summed E-state index contributed by atoms with van der Waals surface area (Å²) in [4.78, 5) is 0. The average molecular weight is 330 g/mol. The molecule has 0 unspecified atom stereocenters. The topological polar surface area (TPSA) is 0 Å². The fourth-order valence-electron chi connectivity index (χ4n) is 2.68. The van der Waals surface area contributed by atoms with Crippen LogP contribution in [0.4, 0.5) is 0 Å². The van der Waals surface area contributed by atoms with Crippen LogP contribution >= 0.6 is 15.9 Å². The van der Waals surface area contributed by atoms with E-state index in [2.05, 4.69) is 92.2 Å². The maximum absolute atomic E-state index is 3.52. The molecule has 0 aromatic heterocycles. The molecular formula is C19H22Br. The molecule has 20 heavy (non-hydrogen) atoms. The fraction of sp³-hybridized carbons (Fsp3) is 0.316. The third-order valence-corrected chi connectivity index (χ3v) is 4.13. The molecule has 0 N–H and O–H groups in total. The van der Waals surface area contributed by atoms with E-state index in [4.69, 9.17) is 0 Å². The van der Waals surface area contributed by atoms with E-state index in [0.29, 0.717) is 11.8 Å². The quantitative estimate of drug-likeness (QED) is 0.626. The van der Waals surface area contributed by atoms with Crippen molar-refractivity contribution in [2.24, 2.45) is 5.92 Å². The maximum atomic E-state index is 3.52. The van der Waals surface area contributed by atoms with Gasteiger partial charge in [0, 0.05) is 10.4 Å². The number of rotatable bonds is 4. The van der Waals surface area contributed by atoms with Crippen LogP contribution in [0.5, 0.6) is 0 Å². The van der Waals surface area contributed by atoms with Crippen LogP contribution in [0.3, 0.4) is 0 Å². The molecule has 0 saturated heterocycles. The van der Waals surface area contributed by atoms with Gasteiger partial charge >= 0.3 is 0 Å². The van der Waals surface area contributed by atoms with Crippen molar-refractivity contribution in [3.05, 3.63) is 75.6 Å². The average Bonchev–Trinajstić information content (AvgIpc) is 2.41. The largest absolute Gasteiger partial charge is 0.0620 e. The molecule has 0 saturated carbocycles. The highest BCUT2D eigenvalue weighted by Gasteiger charge is 2.22. The lowest BCUT2D eigenvalue weighted by Crippen LogP contribution is -2.12. The zero-order chi connectivity index (χ0) is 14.7. The van der Waals surface area contributed by atoms with Crippen LogP contribution in [0.25, 0.3) is 0 Å². The summed E-state index contributed by atoms with van der Waals surface area (Å²) in [5.74, 6) is 2.47. The predicted molar refractivity (Wildman–Crippen MR) is 91.0 cm³/mol. The summed E-state index contributed by atoms with van der Waals surface area (Å²) in [6.45, 7) is 9.07. The highest BCUT2D eigenvalue weighted by molar-refractivity contribution is 9.10. The standard InChI is InChI=1S/C19H22Br/c1-13(2)17-7-5-6-8-18(17)19(14(3)4)15-9-11-16(20)12-10-15/h5-14H,1-4H3. The fourth-order valence-corrected chi connectivity index (χ4v) is 2.94. The molecule has 1 radical (unpaired) electrons. The Hall–Kier alpha value is -1.08. The van der Waals surface area contributed by atoms with Crippen LogP contribution in [0, 0.1) is 11.8 Å². The van der Waals surface area contributed by atoms with Gasteiger partial charge in [-0.2, -0.15) is 0 Å². The Morgan fingerprint density at radius 3 is 2.00 bits per heavy atom. The first-order chi connectivity index (χ1) is 9.50. The Labute approximate surface area is 131 Å². The van der Waals surface area contributed by atoms with Crippen molar-refractivity contribution in [1.29, 1.82) is 0 Å². The summed E-state index contributed by atoms with van der Waals surface area (Å²) in [7, 11) is 0. The molecule has 0 bridgehead atoms. The lowest BCUT2D eigenvalue weighted by atomic mass is 9.78. The van der Waals surface area contributed by atoms with Crippen molar-refractivity contribution in [2.45, 2.75) is 33.6 Å². The Morgan fingerprint density at radius 2 is 1.45 bits per heavy atom. The van der Waals surface area contributed by atoms with Gasteiger partial charge in [-0.15, -0.1) is 0 Å². The van der Waals surface area contributed by atoms with Crippen LogP contribution in [-0.2, 0) is 0 Å². The normalized spacial score (nSPS) is 11.6. The summed E-state index contributed by atoms with van der Waals surface area (Å²) in [6, 6.07) is 17.4. The molecule has 0 heterocycles. The maximum Gasteiger partial charge on any atom is 0.0368 e. The first-order valence-electron chi connectivity index (χ1n) is 7.22. The number of benzene rings is 2. The molecule has 0 fully saturated rings. The number of halogens is 1.